The predicted octanol–water partition coefficient (Wildman–Crippen LogP) is 3.26. The first-order valence-electron chi connectivity index (χ1n) is 6.25. The van der Waals surface area contributed by atoms with Gasteiger partial charge in [0.2, 0.25) is 5.95 Å². The summed E-state index contributed by atoms with van der Waals surface area (Å²) in [6.45, 7) is 3.78. The van der Waals surface area contributed by atoms with Gasteiger partial charge in [0.25, 0.3) is 5.91 Å². The van der Waals surface area contributed by atoms with Crippen molar-refractivity contribution < 1.29 is 13.9 Å². The van der Waals surface area contributed by atoms with Crippen molar-refractivity contribution in [1.82, 2.24) is 4.98 Å². The zero-order chi connectivity index (χ0) is 14.5. The van der Waals surface area contributed by atoms with Gasteiger partial charge in [-0.15, -0.1) is 0 Å². The highest BCUT2D eigenvalue weighted by atomic mass is 19.1. The molecule has 2 aromatic rings. The number of pyridine rings is 1. The van der Waals surface area contributed by atoms with Crippen LogP contribution in [0.3, 0.4) is 0 Å². The Labute approximate surface area is 116 Å². The number of benzene rings is 1. The summed E-state index contributed by atoms with van der Waals surface area (Å²) >= 11 is 0. The van der Waals surface area contributed by atoms with Gasteiger partial charge < -0.3 is 10.1 Å². The quantitative estimate of drug-likeness (QED) is 0.871. The topological polar surface area (TPSA) is 51.2 Å². The number of carbonyl (C=O) groups excluding carboxylic acids is 1. The van der Waals surface area contributed by atoms with E-state index >= 15 is 0 Å². The van der Waals surface area contributed by atoms with Gasteiger partial charge in [-0.05, 0) is 38.1 Å². The molecule has 0 aliphatic carbocycles. The second kappa shape index (κ2) is 6.14. The van der Waals surface area contributed by atoms with Crippen LogP contribution in [0, 0.1) is 5.95 Å². The lowest BCUT2D eigenvalue weighted by Crippen LogP contribution is -2.16. The Morgan fingerprint density at radius 3 is 2.70 bits per heavy atom. The van der Waals surface area contributed by atoms with E-state index in [-0.39, 0.29) is 11.7 Å². The standard InChI is InChI=1S/C15H15FN2O2/c1-10(2)20-13-8-4-3-7-12(13)18-15(19)11-6-5-9-17-14(11)16/h3-10H,1-2H3,(H,18,19). The molecule has 1 heterocycles. The highest BCUT2D eigenvalue weighted by Gasteiger charge is 2.14. The third kappa shape index (κ3) is 3.32. The molecule has 0 saturated carbocycles. The van der Waals surface area contributed by atoms with Crippen molar-refractivity contribution in [2.75, 3.05) is 5.32 Å². The average molecular weight is 274 g/mol. The van der Waals surface area contributed by atoms with E-state index in [1.54, 1.807) is 24.3 Å². The SMILES string of the molecule is CC(C)Oc1ccccc1NC(=O)c1cccnc1F. The summed E-state index contributed by atoms with van der Waals surface area (Å²) in [4.78, 5) is 15.5. The normalized spacial score (nSPS) is 10.4. The highest BCUT2D eigenvalue weighted by Crippen LogP contribution is 2.25. The van der Waals surface area contributed by atoms with Crippen molar-refractivity contribution >= 4 is 11.6 Å². The molecule has 0 unspecified atom stereocenters. The lowest BCUT2D eigenvalue weighted by Gasteiger charge is -2.14. The molecular weight excluding hydrogens is 259 g/mol. The monoisotopic (exact) mass is 274 g/mol. The van der Waals surface area contributed by atoms with E-state index in [2.05, 4.69) is 10.3 Å². The molecule has 1 N–H and O–H groups in total. The number of hydrogen-bond acceptors (Lipinski definition) is 3. The number of aromatic nitrogens is 1. The largest absolute Gasteiger partial charge is 0.489 e. The molecule has 1 amide bonds. The minimum atomic E-state index is -0.799. The summed E-state index contributed by atoms with van der Waals surface area (Å²) in [6, 6.07) is 9.90. The minimum Gasteiger partial charge on any atom is -0.489 e. The maximum absolute atomic E-state index is 13.5. The molecule has 2 rings (SSSR count). The van der Waals surface area contributed by atoms with Crippen LogP contribution >= 0.6 is 0 Å². The summed E-state index contributed by atoms with van der Waals surface area (Å²) in [5.74, 6) is -0.817. The van der Waals surface area contributed by atoms with Crippen molar-refractivity contribution in [3.05, 3.63) is 54.1 Å². The Morgan fingerprint density at radius 2 is 2.00 bits per heavy atom. The smallest absolute Gasteiger partial charge is 0.260 e. The van der Waals surface area contributed by atoms with Gasteiger partial charge >= 0.3 is 0 Å². The Hall–Kier alpha value is -2.43. The summed E-state index contributed by atoms with van der Waals surface area (Å²) in [5.41, 5.74) is 0.390. The summed E-state index contributed by atoms with van der Waals surface area (Å²) in [5, 5.41) is 2.63. The van der Waals surface area contributed by atoms with E-state index in [0.29, 0.717) is 11.4 Å². The molecule has 0 atom stereocenters. The first-order chi connectivity index (χ1) is 9.58. The Morgan fingerprint density at radius 1 is 1.25 bits per heavy atom. The van der Waals surface area contributed by atoms with E-state index in [1.165, 1.54) is 18.3 Å². The van der Waals surface area contributed by atoms with Crippen LogP contribution in [0.5, 0.6) is 5.75 Å². The van der Waals surface area contributed by atoms with Gasteiger partial charge in [0.05, 0.1) is 17.4 Å². The lowest BCUT2D eigenvalue weighted by atomic mass is 10.2. The second-order valence-electron chi connectivity index (χ2n) is 4.46. The highest BCUT2D eigenvalue weighted by molar-refractivity contribution is 6.04. The van der Waals surface area contributed by atoms with Gasteiger partial charge in [-0.3, -0.25) is 4.79 Å². The molecule has 1 aromatic heterocycles. The van der Waals surface area contributed by atoms with Crippen LogP contribution in [-0.2, 0) is 0 Å². The Kier molecular flexibility index (Phi) is 4.30. The molecule has 1 aromatic carbocycles. The van der Waals surface area contributed by atoms with Crippen LogP contribution in [-0.4, -0.2) is 17.0 Å². The average Bonchev–Trinajstić information content (AvgIpc) is 2.41. The number of para-hydroxylation sites is 2. The first-order valence-corrected chi connectivity index (χ1v) is 6.25. The van der Waals surface area contributed by atoms with E-state index in [0.717, 1.165) is 0 Å². The number of ether oxygens (including phenoxy) is 1. The molecule has 0 spiro atoms. The first kappa shape index (κ1) is 14.0. The van der Waals surface area contributed by atoms with Crippen LogP contribution in [0.4, 0.5) is 10.1 Å². The van der Waals surface area contributed by atoms with Crippen molar-refractivity contribution in [3.8, 4) is 5.75 Å². The predicted molar refractivity (Wildman–Crippen MR) is 74.4 cm³/mol. The van der Waals surface area contributed by atoms with Crippen molar-refractivity contribution in [2.24, 2.45) is 0 Å². The number of hydrogen-bond donors (Lipinski definition) is 1. The Balaban J connectivity index is 2.22. The lowest BCUT2D eigenvalue weighted by molar-refractivity contribution is 0.102. The summed E-state index contributed by atoms with van der Waals surface area (Å²) < 4.78 is 19.0. The number of rotatable bonds is 4. The summed E-state index contributed by atoms with van der Waals surface area (Å²) in [6.07, 6.45) is 1.27. The molecule has 0 radical (unpaired) electrons. The number of carbonyl (C=O) groups is 1. The molecule has 5 heteroatoms. The molecule has 4 nitrogen and oxygen atoms in total. The Bertz CT molecular complexity index is 614. The molecule has 0 bridgehead atoms. The van der Waals surface area contributed by atoms with Gasteiger partial charge in [0.1, 0.15) is 5.75 Å². The van der Waals surface area contributed by atoms with Crippen LogP contribution in [0.15, 0.2) is 42.6 Å². The van der Waals surface area contributed by atoms with E-state index in [1.807, 2.05) is 13.8 Å². The third-order valence-electron chi connectivity index (χ3n) is 2.50. The maximum Gasteiger partial charge on any atom is 0.260 e. The van der Waals surface area contributed by atoms with E-state index < -0.39 is 11.9 Å². The number of anilines is 1. The molecular formula is C15H15FN2O2. The zero-order valence-electron chi connectivity index (χ0n) is 11.3. The number of nitrogens with one attached hydrogen (secondary N) is 1. The van der Waals surface area contributed by atoms with Gasteiger partial charge in [0, 0.05) is 6.20 Å². The van der Waals surface area contributed by atoms with Crippen LogP contribution in [0.1, 0.15) is 24.2 Å². The fourth-order valence-electron chi connectivity index (χ4n) is 1.67. The van der Waals surface area contributed by atoms with E-state index in [4.69, 9.17) is 4.74 Å². The second-order valence-corrected chi connectivity index (χ2v) is 4.46. The fraction of sp³-hybridized carbons (Fsp3) is 0.200. The van der Waals surface area contributed by atoms with Crippen LogP contribution < -0.4 is 10.1 Å². The molecule has 0 aliphatic rings. The minimum absolute atomic E-state index is 0.0248. The molecule has 104 valence electrons. The van der Waals surface area contributed by atoms with Crippen molar-refractivity contribution in [3.63, 3.8) is 0 Å². The van der Waals surface area contributed by atoms with Crippen LogP contribution in [0.25, 0.3) is 0 Å². The van der Waals surface area contributed by atoms with Crippen molar-refractivity contribution in [2.45, 2.75) is 20.0 Å². The molecule has 20 heavy (non-hydrogen) atoms. The number of nitrogens with zero attached hydrogens (tertiary/aromatic N) is 1. The third-order valence-corrected chi connectivity index (χ3v) is 2.50. The van der Waals surface area contributed by atoms with Gasteiger partial charge in [-0.2, -0.15) is 4.39 Å². The molecule has 0 fully saturated rings. The van der Waals surface area contributed by atoms with Gasteiger partial charge in [-0.25, -0.2) is 4.98 Å². The van der Waals surface area contributed by atoms with E-state index in [9.17, 15) is 9.18 Å². The molecule has 0 aliphatic heterocycles. The van der Waals surface area contributed by atoms with Crippen LogP contribution in [0.2, 0.25) is 0 Å². The van der Waals surface area contributed by atoms with Gasteiger partial charge in [-0.1, -0.05) is 12.1 Å². The number of halogens is 1. The van der Waals surface area contributed by atoms with Gasteiger partial charge in [0.15, 0.2) is 0 Å². The fourth-order valence-corrected chi connectivity index (χ4v) is 1.67. The van der Waals surface area contributed by atoms with Crippen molar-refractivity contribution in [1.29, 1.82) is 0 Å². The maximum atomic E-state index is 13.5. The zero-order valence-corrected chi connectivity index (χ0v) is 11.3. The summed E-state index contributed by atoms with van der Waals surface area (Å²) in [7, 11) is 0. The molecule has 0 saturated heterocycles. The number of amides is 1.